The molecule has 0 spiro atoms. The minimum absolute atomic E-state index is 0.0170. The summed E-state index contributed by atoms with van der Waals surface area (Å²) in [6.07, 6.45) is 0. The largest absolute Gasteiger partial charge is 0.293 e. The highest BCUT2D eigenvalue weighted by Crippen LogP contribution is 2.19. The smallest absolute Gasteiger partial charge is 0.178 e. The van der Waals surface area contributed by atoms with Crippen molar-refractivity contribution in [3.8, 4) is 0 Å². The summed E-state index contributed by atoms with van der Waals surface area (Å²) in [5.41, 5.74) is 0.837. The van der Waals surface area contributed by atoms with E-state index >= 15 is 0 Å². The average Bonchev–Trinajstić information content (AvgIpc) is 2.48. The van der Waals surface area contributed by atoms with Gasteiger partial charge in [-0.05, 0) is 43.7 Å². The van der Waals surface area contributed by atoms with Crippen molar-refractivity contribution in [3.63, 3.8) is 0 Å². The Morgan fingerprint density at radius 3 is 2.38 bits per heavy atom. The Hall–Kier alpha value is -1.88. The van der Waals surface area contributed by atoms with E-state index in [4.69, 9.17) is 0 Å². The number of carbonyl (C=O) groups is 1. The Bertz CT molecular complexity index is 713. The van der Waals surface area contributed by atoms with Gasteiger partial charge in [-0.25, -0.2) is 8.78 Å². The van der Waals surface area contributed by atoms with Crippen LogP contribution in [0, 0.1) is 18.6 Å². The molecule has 21 heavy (non-hydrogen) atoms. The lowest BCUT2D eigenvalue weighted by atomic mass is 10.1. The van der Waals surface area contributed by atoms with Crippen LogP contribution in [0.1, 0.15) is 22.8 Å². The van der Waals surface area contributed by atoms with E-state index in [2.05, 4.69) is 0 Å². The van der Waals surface area contributed by atoms with Gasteiger partial charge < -0.3 is 0 Å². The summed E-state index contributed by atoms with van der Waals surface area (Å²) in [6, 6.07) is 10.00. The summed E-state index contributed by atoms with van der Waals surface area (Å²) in [5, 5.41) is -0.837. The van der Waals surface area contributed by atoms with Gasteiger partial charge in [0.15, 0.2) is 17.4 Å². The van der Waals surface area contributed by atoms with Crippen LogP contribution in [0.3, 0.4) is 0 Å². The maximum absolute atomic E-state index is 13.2. The van der Waals surface area contributed by atoms with E-state index in [0.29, 0.717) is 4.90 Å². The van der Waals surface area contributed by atoms with Crippen LogP contribution in [0.2, 0.25) is 0 Å². The lowest BCUT2D eigenvalue weighted by Crippen LogP contribution is -2.23. The zero-order valence-electron chi connectivity index (χ0n) is 11.6. The van der Waals surface area contributed by atoms with E-state index in [-0.39, 0.29) is 5.56 Å². The minimum atomic E-state index is -1.55. The third kappa shape index (κ3) is 3.24. The predicted octanol–water partition coefficient (Wildman–Crippen LogP) is 3.65. The number of ketones is 1. The van der Waals surface area contributed by atoms with E-state index in [0.717, 1.165) is 17.7 Å². The first-order chi connectivity index (χ1) is 9.91. The van der Waals surface area contributed by atoms with Crippen LogP contribution in [0.25, 0.3) is 0 Å². The Morgan fingerprint density at radius 1 is 1.10 bits per heavy atom. The fourth-order valence-electron chi connectivity index (χ4n) is 1.95. The van der Waals surface area contributed by atoms with Gasteiger partial charge in [-0.2, -0.15) is 0 Å². The summed E-state index contributed by atoms with van der Waals surface area (Å²) in [4.78, 5) is 12.8. The number of benzene rings is 2. The molecule has 0 aliphatic heterocycles. The first-order valence-corrected chi connectivity index (χ1v) is 7.58. The molecule has 0 aromatic heterocycles. The van der Waals surface area contributed by atoms with Crippen molar-refractivity contribution >= 4 is 16.6 Å². The van der Waals surface area contributed by atoms with Crippen LogP contribution in [-0.4, -0.2) is 15.2 Å². The van der Waals surface area contributed by atoms with E-state index in [1.807, 2.05) is 19.1 Å². The van der Waals surface area contributed by atoms with Crippen molar-refractivity contribution in [1.29, 1.82) is 0 Å². The molecule has 2 nitrogen and oxygen atoms in total. The van der Waals surface area contributed by atoms with Crippen molar-refractivity contribution in [2.24, 2.45) is 0 Å². The monoisotopic (exact) mass is 308 g/mol. The molecular formula is C16H14F2O2S. The topological polar surface area (TPSA) is 34.1 Å². The number of carbonyl (C=O) groups excluding carboxylic acids is 1. The van der Waals surface area contributed by atoms with E-state index in [1.54, 1.807) is 12.1 Å². The van der Waals surface area contributed by atoms with Gasteiger partial charge in [-0.15, -0.1) is 0 Å². The quantitative estimate of drug-likeness (QED) is 0.808. The molecule has 0 saturated heterocycles. The van der Waals surface area contributed by atoms with Crippen LogP contribution < -0.4 is 0 Å². The molecule has 5 heteroatoms. The average molecular weight is 308 g/mol. The molecule has 2 aromatic carbocycles. The lowest BCUT2D eigenvalue weighted by Gasteiger charge is -2.12. The lowest BCUT2D eigenvalue weighted by molar-refractivity contribution is 0.0992. The van der Waals surface area contributed by atoms with Gasteiger partial charge in [0.05, 0.1) is 16.0 Å². The van der Waals surface area contributed by atoms with Crippen LogP contribution in [0.5, 0.6) is 0 Å². The van der Waals surface area contributed by atoms with Crippen LogP contribution in [-0.2, 0) is 10.8 Å². The maximum atomic E-state index is 13.2. The molecule has 2 aromatic rings. The second-order valence-corrected chi connectivity index (χ2v) is 6.44. The van der Waals surface area contributed by atoms with Crippen molar-refractivity contribution < 1.29 is 17.8 Å². The minimum Gasteiger partial charge on any atom is -0.293 e. The third-order valence-corrected chi connectivity index (χ3v) is 4.95. The van der Waals surface area contributed by atoms with Crippen molar-refractivity contribution in [2.75, 3.05) is 0 Å². The predicted molar refractivity (Wildman–Crippen MR) is 77.7 cm³/mol. The standard InChI is InChI=1S/C16H14F2O2S/c1-10-5-3-4-6-15(10)21(20)11(2)16(19)12-7-8-13(17)14(18)9-12/h3-9,11H,1-2H3. The summed E-state index contributed by atoms with van der Waals surface area (Å²) in [5.74, 6) is -2.58. The molecule has 0 fully saturated rings. The second-order valence-electron chi connectivity index (χ2n) is 4.70. The molecular weight excluding hydrogens is 294 g/mol. The Balaban J connectivity index is 2.29. The second kappa shape index (κ2) is 6.26. The molecule has 2 rings (SSSR count). The molecule has 2 atom stereocenters. The first kappa shape index (κ1) is 15.5. The van der Waals surface area contributed by atoms with Crippen molar-refractivity contribution in [1.82, 2.24) is 0 Å². The molecule has 0 radical (unpaired) electrons. The van der Waals surface area contributed by atoms with Gasteiger partial charge in [-0.3, -0.25) is 9.00 Å². The summed E-state index contributed by atoms with van der Waals surface area (Å²) >= 11 is 0. The molecule has 110 valence electrons. The van der Waals surface area contributed by atoms with Gasteiger partial charge >= 0.3 is 0 Å². The molecule has 0 aliphatic rings. The van der Waals surface area contributed by atoms with Gasteiger partial charge in [0.2, 0.25) is 0 Å². The van der Waals surface area contributed by atoms with E-state index in [9.17, 15) is 17.8 Å². The van der Waals surface area contributed by atoms with Gasteiger partial charge in [0.1, 0.15) is 0 Å². The SMILES string of the molecule is Cc1ccccc1S(=O)C(C)C(=O)c1ccc(F)c(F)c1. The zero-order valence-corrected chi connectivity index (χ0v) is 12.4. The summed E-state index contributed by atoms with van der Waals surface area (Å²) in [7, 11) is -1.55. The molecule has 0 heterocycles. The van der Waals surface area contributed by atoms with Gasteiger partial charge in [-0.1, -0.05) is 18.2 Å². The van der Waals surface area contributed by atoms with Crippen molar-refractivity contribution in [3.05, 3.63) is 65.2 Å². The molecule has 2 unspecified atom stereocenters. The number of aryl methyl sites for hydroxylation is 1. The molecule has 0 bridgehead atoms. The Labute approximate surface area is 124 Å². The van der Waals surface area contributed by atoms with E-state index < -0.39 is 33.5 Å². The third-order valence-electron chi connectivity index (χ3n) is 3.20. The first-order valence-electron chi connectivity index (χ1n) is 6.37. The number of rotatable bonds is 4. The van der Waals surface area contributed by atoms with Gasteiger partial charge in [0.25, 0.3) is 0 Å². The van der Waals surface area contributed by atoms with Crippen molar-refractivity contribution in [2.45, 2.75) is 24.0 Å². The zero-order chi connectivity index (χ0) is 15.6. The fourth-order valence-corrected chi connectivity index (χ4v) is 3.26. The number of halogens is 2. The normalized spacial score (nSPS) is 13.7. The summed E-state index contributed by atoms with van der Waals surface area (Å²) < 4.78 is 38.5. The molecule has 0 saturated carbocycles. The summed E-state index contributed by atoms with van der Waals surface area (Å²) in [6.45, 7) is 3.33. The number of Topliss-reactive ketones (excluding diaryl/α,β-unsaturated/α-hetero) is 1. The van der Waals surface area contributed by atoms with Crippen LogP contribution >= 0.6 is 0 Å². The number of hydrogen-bond acceptors (Lipinski definition) is 2. The highest BCUT2D eigenvalue weighted by atomic mass is 32.2. The molecule has 0 aliphatic carbocycles. The Kier molecular flexibility index (Phi) is 4.63. The number of hydrogen-bond donors (Lipinski definition) is 0. The molecule has 0 amide bonds. The highest BCUT2D eigenvalue weighted by molar-refractivity contribution is 7.86. The van der Waals surface area contributed by atoms with Gasteiger partial charge in [0, 0.05) is 10.5 Å². The Morgan fingerprint density at radius 2 is 1.76 bits per heavy atom. The highest BCUT2D eigenvalue weighted by Gasteiger charge is 2.24. The van der Waals surface area contributed by atoms with E-state index in [1.165, 1.54) is 13.0 Å². The fraction of sp³-hybridized carbons (Fsp3) is 0.188. The van der Waals surface area contributed by atoms with Crippen LogP contribution in [0.15, 0.2) is 47.4 Å². The molecule has 0 N–H and O–H groups in total. The van der Waals surface area contributed by atoms with Crippen LogP contribution in [0.4, 0.5) is 8.78 Å². The maximum Gasteiger partial charge on any atom is 0.178 e.